The number of carboxylic acid groups (broad SMARTS) is 1. The van der Waals surface area contributed by atoms with Gasteiger partial charge in [0.2, 0.25) is 0 Å². The molecule has 2 aliphatic rings. The Hall–Kier alpha value is -1.27. The molecular formula is C10H12F3NO3. The fourth-order valence-corrected chi connectivity index (χ4v) is 2.94. The smallest absolute Gasteiger partial charge is 0.471 e. The Morgan fingerprint density at radius 2 is 1.88 bits per heavy atom. The van der Waals surface area contributed by atoms with E-state index in [9.17, 15) is 22.8 Å². The van der Waals surface area contributed by atoms with Crippen LogP contribution in [-0.4, -0.2) is 40.6 Å². The molecule has 4 nitrogen and oxygen atoms in total. The predicted octanol–water partition coefficient (Wildman–Crippen LogP) is 1.12. The van der Waals surface area contributed by atoms with Gasteiger partial charge in [-0.3, -0.25) is 4.79 Å². The highest BCUT2D eigenvalue weighted by Gasteiger charge is 2.71. The largest absolute Gasteiger partial charge is 0.480 e. The van der Waals surface area contributed by atoms with Gasteiger partial charge in [-0.05, 0) is 11.3 Å². The van der Waals surface area contributed by atoms with E-state index in [1.807, 2.05) is 13.8 Å². The molecule has 0 unspecified atom stereocenters. The van der Waals surface area contributed by atoms with Crippen molar-refractivity contribution in [3.8, 4) is 0 Å². The normalized spacial score (nSPS) is 34.4. The summed E-state index contributed by atoms with van der Waals surface area (Å²) in [7, 11) is 0. The lowest BCUT2D eigenvalue weighted by atomic mass is 10.0. The number of nitrogens with zero attached hydrogens (tertiary/aromatic N) is 1. The van der Waals surface area contributed by atoms with Gasteiger partial charge < -0.3 is 10.0 Å². The molecule has 0 bridgehead atoms. The number of hydrogen-bond acceptors (Lipinski definition) is 2. The molecule has 17 heavy (non-hydrogen) atoms. The Labute approximate surface area is 95.4 Å². The van der Waals surface area contributed by atoms with Crippen molar-refractivity contribution in [2.45, 2.75) is 26.1 Å². The van der Waals surface area contributed by atoms with Crippen molar-refractivity contribution >= 4 is 11.9 Å². The van der Waals surface area contributed by atoms with E-state index in [1.54, 1.807) is 0 Å². The average Bonchev–Trinajstić information content (AvgIpc) is 2.60. The lowest BCUT2D eigenvalue weighted by molar-refractivity contribution is -0.189. The van der Waals surface area contributed by atoms with Crippen molar-refractivity contribution in [1.82, 2.24) is 4.90 Å². The first-order valence-corrected chi connectivity index (χ1v) is 5.19. The van der Waals surface area contributed by atoms with E-state index in [2.05, 4.69) is 0 Å². The van der Waals surface area contributed by atoms with Crippen molar-refractivity contribution in [3.63, 3.8) is 0 Å². The van der Waals surface area contributed by atoms with Crippen molar-refractivity contribution in [3.05, 3.63) is 0 Å². The molecule has 0 aromatic carbocycles. The number of piperidine rings is 1. The number of carbonyl (C=O) groups is 2. The van der Waals surface area contributed by atoms with Crippen LogP contribution >= 0.6 is 0 Å². The second kappa shape index (κ2) is 3.14. The van der Waals surface area contributed by atoms with Crippen LogP contribution in [0.5, 0.6) is 0 Å². The molecule has 3 atom stereocenters. The Kier molecular flexibility index (Phi) is 2.25. The van der Waals surface area contributed by atoms with E-state index >= 15 is 0 Å². The van der Waals surface area contributed by atoms with Crippen molar-refractivity contribution < 1.29 is 27.9 Å². The molecule has 1 aliphatic carbocycles. The third-order valence-electron chi connectivity index (χ3n) is 3.96. The van der Waals surface area contributed by atoms with Crippen LogP contribution in [0, 0.1) is 17.3 Å². The highest BCUT2D eigenvalue weighted by Crippen LogP contribution is 2.65. The number of fused-ring (bicyclic) bond motifs is 1. The number of carboxylic acids is 1. The third kappa shape index (κ3) is 1.59. The number of carbonyl (C=O) groups excluding carboxylic acids is 1. The van der Waals surface area contributed by atoms with Gasteiger partial charge in [0.15, 0.2) is 0 Å². The molecule has 0 spiro atoms. The van der Waals surface area contributed by atoms with Crippen LogP contribution in [0.2, 0.25) is 0 Å². The van der Waals surface area contributed by atoms with E-state index in [0.717, 1.165) is 0 Å². The maximum Gasteiger partial charge on any atom is 0.471 e. The Bertz CT molecular complexity index is 391. The van der Waals surface area contributed by atoms with Crippen LogP contribution in [-0.2, 0) is 9.59 Å². The number of alkyl halides is 3. The zero-order chi connectivity index (χ0) is 13.2. The van der Waals surface area contributed by atoms with Gasteiger partial charge in [0, 0.05) is 12.5 Å². The summed E-state index contributed by atoms with van der Waals surface area (Å²) in [5.41, 5.74) is -0.286. The Morgan fingerprint density at radius 3 is 2.29 bits per heavy atom. The van der Waals surface area contributed by atoms with E-state index in [1.165, 1.54) is 0 Å². The molecule has 2 rings (SSSR count). The number of rotatable bonds is 1. The molecule has 0 aromatic heterocycles. The first-order chi connectivity index (χ1) is 7.58. The van der Waals surface area contributed by atoms with Crippen molar-refractivity contribution in [2.24, 2.45) is 17.3 Å². The van der Waals surface area contributed by atoms with Crippen LogP contribution in [0.15, 0.2) is 0 Å². The van der Waals surface area contributed by atoms with Crippen LogP contribution in [0.1, 0.15) is 13.8 Å². The molecule has 0 aromatic rings. The van der Waals surface area contributed by atoms with Gasteiger partial charge in [-0.1, -0.05) is 13.8 Å². The maximum atomic E-state index is 12.3. The van der Waals surface area contributed by atoms with Gasteiger partial charge in [-0.15, -0.1) is 0 Å². The molecule has 1 aliphatic heterocycles. The summed E-state index contributed by atoms with van der Waals surface area (Å²) in [6.45, 7) is 3.51. The molecule has 1 N–H and O–H groups in total. The predicted molar refractivity (Wildman–Crippen MR) is 50.0 cm³/mol. The standard InChI is InChI=1S/C10H12F3NO3/c1-9(2)4-3-14(8(17)10(11,12)13)6(5(4)9)7(15)16/h4-6H,3H2,1-2H3,(H,15,16)/t4-,5-,6-/m0/s1. The van der Waals surface area contributed by atoms with Gasteiger partial charge in [0.1, 0.15) is 6.04 Å². The van der Waals surface area contributed by atoms with Crippen LogP contribution in [0.4, 0.5) is 13.2 Å². The van der Waals surface area contributed by atoms with Gasteiger partial charge in [-0.25, -0.2) is 4.79 Å². The van der Waals surface area contributed by atoms with E-state index in [0.29, 0.717) is 4.90 Å². The summed E-state index contributed by atoms with van der Waals surface area (Å²) in [6, 6.07) is -1.34. The summed E-state index contributed by atoms with van der Waals surface area (Å²) >= 11 is 0. The van der Waals surface area contributed by atoms with Crippen molar-refractivity contribution in [2.75, 3.05) is 6.54 Å². The minimum absolute atomic E-state index is 0.118. The molecular weight excluding hydrogens is 239 g/mol. The summed E-state index contributed by atoms with van der Waals surface area (Å²) in [5.74, 6) is -3.92. The molecule has 96 valence electrons. The second-order valence-corrected chi connectivity index (χ2v) is 5.19. The lowest BCUT2D eigenvalue weighted by Crippen LogP contribution is -2.50. The topological polar surface area (TPSA) is 57.6 Å². The molecule has 1 saturated heterocycles. The highest BCUT2D eigenvalue weighted by atomic mass is 19.4. The monoisotopic (exact) mass is 251 g/mol. The highest BCUT2D eigenvalue weighted by molar-refractivity contribution is 5.88. The quantitative estimate of drug-likeness (QED) is 0.759. The first kappa shape index (κ1) is 12.2. The Balaban J connectivity index is 2.23. The SMILES string of the molecule is CC1(C)[C@@H]2[C@@H](C(=O)O)N(C(=O)C(F)(F)F)C[C@@H]21. The van der Waals surface area contributed by atoms with E-state index in [4.69, 9.17) is 5.11 Å². The number of halogens is 3. The zero-order valence-corrected chi connectivity index (χ0v) is 9.28. The maximum absolute atomic E-state index is 12.3. The minimum Gasteiger partial charge on any atom is -0.480 e. The molecule has 1 heterocycles. The van der Waals surface area contributed by atoms with Gasteiger partial charge in [-0.2, -0.15) is 13.2 Å². The molecule has 1 saturated carbocycles. The number of amides is 1. The van der Waals surface area contributed by atoms with Crippen LogP contribution < -0.4 is 0 Å². The first-order valence-electron chi connectivity index (χ1n) is 5.19. The number of hydrogen-bond donors (Lipinski definition) is 1. The molecule has 2 fully saturated rings. The molecule has 0 radical (unpaired) electrons. The third-order valence-corrected chi connectivity index (χ3v) is 3.96. The number of likely N-dealkylation sites (tertiary alicyclic amines) is 1. The van der Waals surface area contributed by atoms with E-state index < -0.39 is 24.1 Å². The Morgan fingerprint density at radius 1 is 1.35 bits per heavy atom. The van der Waals surface area contributed by atoms with Gasteiger partial charge >= 0.3 is 18.1 Å². The van der Waals surface area contributed by atoms with E-state index in [-0.39, 0.29) is 23.8 Å². The van der Waals surface area contributed by atoms with Crippen molar-refractivity contribution in [1.29, 1.82) is 0 Å². The fraction of sp³-hybridized carbons (Fsp3) is 0.800. The minimum atomic E-state index is -5.01. The lowest BCUT2D eigenvalue weighted by Gasteiger charge is -2.28. The second-order valence-electron chi connectivity index (χ2n) is 5.19. The zero-order valence-electron chi connectivity index (χ0n) is 9.28. The summed E-state index contributed by atoms with van der Waals surface area (Å²) in [6.07, 6.45) is -5.01. The van der Waals surface area contributed by atoms with Gasteiger partial charge in [0.05, 0.1) is 0 Å². The molecule has 7 heteroatoms. The summed E-state index contributed by atoms with van der Waals surface area (Å²) in [4.78, 5) is 22.6. The van der Waals surface area contributed by atoms with Crippen LogP contribution in [0.25, 0.3) is 0 Å². The van der Waals surface area contributed by atoms with Crippen LogP contribution in [0.3, 0.4) is 0 Å². The van der Waals surface area contributed by atoms with Gasteiger partial charge in [0.25, 0.3) is 0 Å². The molecule has 1 amide bonds. The fourth-order valence-electron chi connectivity index (χ4n) is 2.94. The average molecular weight is 251 g/mol. The summed E-state index contributed by atoms with van der Waals surface area (Å²) < 4.78 is 36.9. The summed E-state index contributed by atoms with van der Waals surface area (Å²) in [5, 5.41) is 8.97. The number of aliphatic carboxylic acids is 1.